The molecule has 1 amide bonds. The Balaban J connectivity index is 1.59. The molecular formula is C9H15NO3. The SMILES string of the molecule is O=C(COCC1CO1)N1CCCC1. The highest BCUT2D eigenvalue weighted by Gasteiger charge is 2.23. The smallest absolute Gasteiger partial charge is 0.248 e. The lowest BCUT2D eigenvalue weighted by molar-refractivity contribution is -0.135. The summed E-state index contributed by atoms with van der Waals surface area (Å²) in [7, 11) is 0. The molecule has 0 aromatic heterocycles. The monoisotopic (exact) mass is 185 g/mol. The van der Waals surface area contributed by atoms with Gasteiger partial charge in [-0.1, -0.05) is 0 Å². The highest BCUT2D eigenvalue weighted by Crippen LogP contribution is 2.10. The molecular weight excluding hydrogens is 170 g/mol. The number of nitrogens with zero attached hydrogens (tertiary/aromatic N) is 1. The first-order valence-corrected chi connectivity index (χ1v) is 4.83. The van der Waals surface area contributed by atoms with E-state index in [0.717, 1.165) is 32.5 Å². The van der Waals surface area contributed by atoms with Crippen LogP contribution in [0.3, 0.4) is 0 Å². The second-order valence-electron chi connectivity index (χ2n) is 3.56. The topological polar surface area (TPSA) is 42.1 Å². The van der Waals surface area contributed by atoms with Gasteiger partial charge in [0.1, 0.15) is 12.7 Å². The number of hydrogen-bond donors (Lipinski definition) is 0. The fourth-order valence-corrected chi connectivity index (χ4v) is 1.50. The predicted octanol–water partition coefficient (Wildman–Crippen LogP) is 0.0242. The van der Waals surface area contributed by atoms with Crippen molar-refractivity contribution in [2.45, 2.75) is 18.9 Å². The van der Waals surface area contributed by atoms with E-state index < -0.39 is 0 Å². The Morgan fingerprint density at radius 2 is 2.15 bits per heavy atom. The molecule has 0 aliphatic carbocycles. The van der Waals surface area contributed by atoms with E-state index in [1.165, 1.54) is 0 Å². The molecule has 2 rings (SSSR count). The van der Waals surface area contributed by atoms with Crippen molar-refractivity contribution in [2.24, 2.45) is 0 Å². The van der Waals surface area contributed by atoms with Crippen LogP contribution in [0.15, 0.2) is 0 Å². The van der Waals surface area contributed by atoms with E-state index in [0.29, 0.717) is 6.61 Å². The van der Waals surface area contributed by atoms with Crippen molar-refractivity contribution in [3.8, 4) is 0 Å². The van der Waals surface area contributed by atoms with Gasteiger partial charge in [-0.2, -0.15) is 0 Å². The highest BCUT2D eigenvalue weighted by atomic mass is 16.6. The van der Waals surface area contributed by atoms with Crippen molar-refractivity contribution < 1.29 is 14.3 Å². The first kappa shape index (κ1) is 8.97. The maximum Gasteiger partial charge on any atom is 0.248 e. The maximum atomic E-state index is 11.4. The van der Waals surface area contributed by atoms with Crippen LogP contribution in [0.1, 0.15) is 12.8 Å². The Hall–Kier alpha value is -0.610. The van der Waals surface area contributed by atoms with Gasteiger partial charge in [-0.3, -0.25) is 4.79 Å². The zero-order valence-corrected chi connectivity index (χ0v) is 7.70. The molecule has 4 nitrogen and oxygen atoms in total. The first-order valence-electron chi connectivity index (χ1n) is 4.83. The number of epoxide rings is 1. The third kappa shape index (κ3) is 2.67. The van der Waals surface area contributed by atoms with Gasteiger partial charge in [-0.05, 0) is 12.8 Å². The quantitative estimate of drug-likeness (QED) is 0.580. The lowest BCUT2D eigenvalue weighted by Crippen LogP contribution is -2.31. The highest BCUT2D eigenvalue weighted by molar-refractivity contribution is 5.77. The number of rotatable bonds is 4. The predicted molar refractivity (Wildman–Crippen MR) is 46.4 cm³/mol. The minimum atomic E-state index is 0.123. The van der Waals surface area contributed by atoms with E-state index in [1.807, 2.05) is 4.90 Å². The molecule has 74 valence electrons. The van der Waals surface area contributed by atoms with E-state index in [2.05, 4.69) is 0 Å². The van der Waals surface area contributed by atoms with Gasteiger partial charge in [-0.15, -0.1) is 0 Å². The molecule has 2 heterocycles. The summed E-state index contributed by atoms with van der Waals surface area (Å²) in [5.74, 6) is 0.123. The summed E-state index contributed by atoms with van der Waals surface area (Å²) in [5.41, 5.74) is 0. The molecule has 2 aliphatic heterocycles. The summed E-state index contributed by atoms with van der Waals surface area (Å²) in [6, 6.07) is 0. The summed E-state index contributed by atoms with van der Waals surface area (Å²) in [6.07, 6.45) is 2.53. The molecule has 4 heteroatoms. The summed E-state index contributed by atoms with van der Waals surface area (Å²) >= 11 is 0. The largest absolute Gasteiger partial charge is 0.371 e. The van der Waals surface area contributed by atoms with E-state index in [4.69, 9.17) is 9.47 Å². The van der Waals surface area contributed by atoms with Gasteiger partial charge in [0.25, 0.3) is 0 Å². The Morgan fingerprint density at radius 1 is 1.46 bits per heavy atom. The van der Waals surface area contributed by atoms with Crippen LogP contribution in [-0.2, 0) is 14.3 Å². The number of carbonyl (C=O) groups excluding carboxylic acids is 1. The van der Waals surface area contributed by atoms with Gasteiger partial charge in [0, 0.05) is 13.1 Å². The molecule has 13 heavy (non-hydrogen) atoms. The van der Waals surface area contributed by atoms with Crippen molar-refractivity contribution >= 4 is 5.91 Å². The van der Waals surface area contributed by atoms with Gasteiger partial charge in [0.2, 0.25) is 5.91 Å². The summed E-state index contributed by atoms with van der Waals surface area (Å²) in [5, 5.41) is 0. The molecule has 0 N–H and O–H groups in total. The van der Waals surface area contributed by atoms with Crippen LogP contribution >= 0.6 is 0 Å². The summed E-state index contributed by atoms with van der Waals surface area (Å²) in [6.45, 7) is 3.39. The molecule has 2 aliphatic rings. The van der Waals surface area contributed by atoms with Crippen molar-refractivity contribution in [1.29, 1.82) is 0 Å². The normalized spacial score (nSPS) is 26.5. The Kier molecular flexibility index (Phi) is 2.80. The van der Waals surface area contributed by atoms with Gasteiger partial charge < -0.3 is 14.4 Å². The fourth-order valence-electron chi connectivity index (χ4n) is 1.50. The molecule has 0 bridgehead atoms. The third-order valence-corrected chi connectivity index (χ3v) is 2.39. The van der Waals surface area contributed by atoms with Crippen LogP contribution in [0, 0.1) is 0 Å². The van der Waals surface area contributed by atoms with Gasteiger partial charge in [0.15, 0.2) is 0 Å². The molecule has 2 saturated heterocycles. The fraction of sp³-hybridized carbons (Fsp3) is 0.889. The minimum Gasteiger partial charge on any atom is -0.371 e. The van der Waals surface area contributed by atoms with Crippen molar-refractivity contribution in [1.82, 2.24) is 4.90 Å². The van der Waals surface area contributed by atoms with E-state index in [9.17, 15) is 4.79 Å². The lowest BCUT2D eigenvalue weighted by Gasteiger charge is -2.14. The summed E-state index contributed by atoms with van der Waals surface area (Å²) < 4.78 is 10.2. The van der Waals surface area contributed by atoms with Crippen LogP contribution in [0.25, 0.3) is 0 Å². The second kappa shape index (κ2) is 4.07. The molecule has 0 aromatic rings. The Morgan fingerprint density at radius 3 is 2.77 bits per heavy atom. The average Bonchev–Trinajstić information content (AvgIpc) is 2.80. The Bertz CT molecular complexity index is 185. The number of ether oxygens (including phenoxy) is 2. The second-order valence-corrected chi connectivity index (χ2v) is 3.56. The average molecular weight is 185 g/mol. The molecule has 2 fully saturated rings. The standard InChI is InChI=1S/C9H15NO3/c11-9(10-3-1-2-4-10)7-12-5-8-6-13-8/h8H,1-7H2. The lowest BCUT2D eigenvalue weighted by atomic mass is 10.4. The molecule has 0 spiro atoms. The van der Waals surface area contributed by atoms with Crippen LogP contribution in [0.5, 0.6) is 0 Å². The minimum absolute atomic E-state index is 0.123. The number of hydrogen-bond acceptors (Lipinski definition) is 3. The Labute approximate surface area is 77.8 Å². The zero-order chi connectivity index (χ0) is 9.10. The van der Waals surface area contributed by atoms with Crippen LogP contribution in [-0.4, -0.2) is 49.8 Å². The first-order chi connectivity index (χ1) is 6.36. The van der Waals surface area contributed by atoms with Gasteiger partial charge in [-0.25, -0.2) is 0 Å². The van der Waals surface area contributed by atoms with E-state index in [-0.39, 0.29) is 18.6 Å². The number of likely N-dealkylation sites (tertiary alicyclic amines) is 1. The zero-order valence-electron chi connectivity index (χ0n) is 7.70. The van der Waals surface area contributed by atoms with Crippen molar-refractivity contribution in [2.75, 3.05) is 32.9 Å². The van der Waals surface area contributed by atoms with E-state index in [1.54, 1.807) is 0 Å². The molecule has 1 unspecified atom stereocenters. The van der Waals surface area contributed by atoms with E-state index >= 15 is 0 Å². The third-order valence-electron chi connectivity index (χ3n) is 2.39. The molecule has 0 radical (unpaired) electrons. The molecule has 1 atom stereocenters. The molecule has 0 saturated carbocycles. The number of carbonyl (C=O) groups is 1. The number of amides is 1. The van der Waals surface area contributed by atoms with Crippen molar-refractivity contribution in [3.05, 3.63) is 0 Å². The maximum absolute atomic E-state index is 11.4. The molecule has 0 aromatic carbocycles. The van der Waals surface area contributed by atoms with Gasteiger partial charge in [0.05, 0.1) is 13.2 Å². The van der Waals surface area contributed by atoms with Crippen LogP contribution in [0.4, 0.5) is 0 Å². The van der Waals surface area contributed by atoms with Crippen LogP contribution < -0.4 is 0 Å². The van der Waals surface area contributed by atoms with Gasteiger partial charge >= 0.3 is 0 Å². The summed E-state index contributed by atoms with van der Waals surface area (Å²) in [4.78, 5) is 13.3. The van der Waals surface area contributed by atoms with Crippen molar-refractivity contribution in [3.63, 3.8) is 0 Å². The van der Waals surface area contributed by atoms with Crippen LogP contribution in [0.2, 0.25) is 0 Å².